The van der Waals surface area contributed by atoms with Gasteiger partial charge >= 0.3 is 0 Å². The number of benzene rings is 1. The van der Waals surface area contributed by atoms with E-state index in [1.165, 1.54) is 0 Å². The van der Waals surface area contributed by atoms with Crippen molar-refractivity contribution >= 4 is 17.5 Å². The molecular weight excluding hydrogens is 276 g/mol. The van der Waals surface area contributed by atoms with Gasteiger partial charge in [-0.1, -0.05) is 23.7 Å². The highest BCUT2D eigenvalue weighted by Gasteiger charge is 2.24. The zero-order chi connectivity index (χ0) is 14.5. The van der Waals surface area contributed by atoms with Gasteiger partial charge in [-0.2, -0.15) is 0 Å². The fourth-order valence-corrected chi connectivity index (χ4v) is 2.65. The fourth-order valence-electron chi connectivity index (χ4n) is 2.52. The van der Waals surface area contributed by atoms with Gasteiger partial charge in [0, 0.05) is 18.1 Å². The fraction of sp³-hybridized carbons (Fsp3) is 0.533. The van der Waals surface area contributed by atoms with Crippen LogP contribution in [0.3, 0.4) is 0 Å². The zero-order valence-corrected chi connectivity index (χ0v) is 12.4. The van der Waals surface area contributed by atoms with Crippen molar-refractivity contribution in [3.63, 3.8) is 0 Å². The maximum atomic E-state index is 12.1. The van der Waals surface area contributed by atoms with Crippen LogP contribution >= 0.6 is 11.6 Å². The van der Waals surface area contributed by atoms with Crippen molar-refractivity contribution in [1.82, 2.24) is 10.2 Å². The molecule has 1 heterocycles. The van der Waals surface area contributed by atoms with Gasteiger partial charge in [-0.3, -0.25) is 4.79 Å². The minimum absolute atomic E-state index is 0.0320. The molecule has 110 valence electrons. The van der Waals surface area contributed by atoms with Gasteiger partial charge in [-0.15, -0.1) is 0 Å². The van der Waals surface area contributed by atoms with Crippen LogP contribution in [0.15, 0.2) is 24.3 Å². The molecule has 2 rings (SSSR count). The summed E-state index contributed by atoms with van der Waals surface area (Å²) >= 11 is 5.80. The second-order valence-electron chi connectivity index (χ2n) is 5.41. The molecule has 1 aromatic rings. The summed E-state index contributed by atoms with van der Waals surface area (Å²) in [6.45, 7) is 2.08. The maximum absolute atomic E-state index is 12.1. The van der Waals surface area contributed by atoms with E-state index < -0.39 is 6.10 Å². The zero-order valence-electron chi connectivity index (χ0n) is 11.7. The Hall–Kier alpha value is -1.10. The monoisotopic (exact) mass is 296 g/mol. The summed E-state index contributed by atoms with van der Waals surface area (Å²) in [5.41, 5.74) is 0.760. The van der Waals surface area contributed by atoms with Crippen LogP contribution < -0.4 is 5.32 Å². The summed E-state index contributed by atoms with van der Waals surface area (Å²) in [4.78, 5) is 14.2. The summed E-state index contributed by atoms with van der Waals surface area (Å²) in [7, 11) is 2.03. The van der Waals surface area contributed by atoms with Crippen molar-refractivity contribution in [2.24, 2.45) is 5.92 Å². The third-order valence-corrected chi connectivity index (χ3v) is 3.97. The number of rotatable bonds is 4. The lowest BCUT2D eigenvalue weighted by Crippen LogP contribution is -2.42. The minimum Gasteiger partial charge on any atom is -0.387 e. The Morgan fingerprint density at radius 1 is 1.50 bits per heavy atom. The van der Waals surface area contributed by atoms with Crippen LogP contribution in [0.1, 0.15) is 24.5 Å². The van der Waals surface area contributed by atoms with Gasteiger partial charge in [0.1, 0.15) is 0 Å². The number of nitrogens with zero attached hydrogens (tertiary/aromatic N) is 1. The highest BCUT2D eigenvalue weighted by molar-refractivity contribution is 6.30. The lowest BCUT2D eigenvalue weighted by atomic mass is 9.97. The summed E-state index contributed by atoms with van der Waals surface area (Å²) in [6, 6.07) is 7.01. The first-order chi connectivity index (χ1) is 9.56. The average Bonchev–Trinajstić information content (AvgIpc) is 2.45. The first-order valence-corrected chi connectivity index (χ1v) is 7.34. The quantitative estimate of drug-likeness (QED) is 0.891. The van der Waals surface area contributed by atoms with E-state index in [0.29, 0.717) is 5.02 Å². The molecule has 0 radical (unpaired) electrons. The molecule has 1 saturated heterocycles. The highest BCUT2D eigenvalue weighted by Crippen LogP contribution is 2.17. The van der Waals surface area contributed by atoms with Gasteiger partial charge in [0.25, 0.3) is 0 Å². The van der Waals surface area contributed by atoms with Gasteiger partial charge in [0.15, 0.2) is 0 Å². The van der Waals surface area contributed by atoms with E-state index in [1.807, 2.05) is 7.05 Å². The SMILES string of the molecule is CN1CCCC(C(=O)NCC(O)c2ccc(Cl)cc2)C1. The predicted octanol–water partition coefficient (Wildman–Crippen LogP) is 1.83. The molecule has 2 atom stereocenters. The minimum atomic E-state index is -0.697. The first kappa shape index (κ1) is 15.3. The van der Waals surface area contributed by atoms with Crippen molar-refractivity contribution in [3.8, 4) is 0 Å². The Labute approximate surface area is 124 Å². The Bertz CT molecular complexity index is 450. The van der Waals surface area contributed by atoms with Gasteiger partial charge in [0.2, 0.25) is 5.91 Å². The maximum Gasteiger partial charge on any atom is 0.224 e. The first-order valence-electron chi connectivity index (χ1n) is 6.96. The van der Waals surface area contributed by atoms with Crippen molar-refractivity contribution in [1.29, 1.82) is 0 Å². The molecule has 0 aromatic heterocycles. The largest absolute Gasteiger partial charge is 0.387 e. The molecule has 0 spiro atoms. The molecule has 1 aliphatic rings. The van der Waals surface area contributed by atoms with Gasteiger partial charge in [-0.25, -0.2) is 0 Å². The molecule has 2 N–H and O–H groups in total. The summed E-state index contributed by atoms with van der Waals surface area (Å²) in [6.07, 6.45) is 1.28. The van der Waals surface area contributed by atoms with Crippen LogP contribution in [0.5, 0.6) is 0 Å². The molecule has 0 aliphatic carbocycles. The number of hydrogen-bond acceptors (Lipinski definition) is 3. The molecule has 1 aliphatic heterocycles. The normalized spacial score (nSPS) is 21.4. The molecule has 20 heavy (non-hydrogen) atoms. The number of halogens is 1. The average molecular weight is 297 g/mol. The second kappa shape index (κ2) is 7.07. The van der Waals surface area contributed by atoms with E-state index >= 15 is 0 Å². The van der Waals surface area contributed by atoms with E-state index in [4.69, 9.17) is 11.6 Å². The number of carbonyl (C=O) groups excluding carboxylic acids is 1. The van der Waals surface area contributed by atoms with Crippen molar-refractivity contribution in [2.75, 3.05) is 26.7 Å². The molecule has 1 amide bonds. The van der Waals surface area contributed by atoms with E-state index in [1.54, 1.807) is 24.3 Å². The van der Waals surface area contributed by atoms with Crippen molar-refractivity contribution in [2.45, 2.75) is 18.9 Å². The van der Waals surface area contributed by atoms with Crippen LogP contribution in [-0.2, 0) is 4.79 Å². The van der Waals surface area contributed by atoms with E-state index in [9.17, 15) is 9.90 Å². The Kier molecular flexibility index (Phi) is 5.40. The molecule has 0 saturated carbocycles. The van der Waals surface area contributed by atoms with Crippen molar-refractivity contribution < 1.29 is 9.90 Å². The third kappa shape index (κ3) is 4.20. The number of likely N-dealkylation sites (tertiary alicyclic amines) is 1. The molecule has 4 nitrogen and oxygen atoms in total. The Balaban J connectivity index is 1.82. The summed E-state index contributed by atoms with van der Waals surface area (Å²) in [5, 5.41) is 13.5. The van der Waals surface area contributed by atoms with Crippen LogP contribution in [0, 0.1) is 5.92 Å². The van der Waals surface area contributed by atoms with Crippen LogP contribution in [0.25, 0.3) is 0 Å². The molecular formula is C15H21ClN2O2. The standard InChI is InChI=1S/C15H21ClN2O2/c1-18-8-2-3-12(10-18)15(20)17-9-14(19)11-4-6-13(16)7-5-11/h4-7,12,14,19H,2-3,8-10H2,1H3,(H,17,20). The van der Waals surface area contributed by atoms with Gasteiger partial charge in [-0.05, 0) is 44.1 Å². The Morgan fingerprint density at radius 3 is 2.85 bits per heavy atom. The van der Waals surface area contributed by atoms with Crippen LogP contribution in [0.2, 0.25) is 5.02 Å². The van der Waals surface area contributed by atoms with E-state index in [-0.39, 0.29) is 18.4 Å². The third-order valence-electron chi connectivity index (χ3n) is 3.72. The molecule has 1 aromatic carbocycles. The molecule has 2 unspecified atom stereocenters. The number of amides is 1. The molecule has 0 bridgehead atoms. The number of hydrogen-bond donors (Lipinski definition) is 2. The number of carbonyl (C=O) groups is 1. The van der Waals surface area contributed by atoms with Crippen molar-refractivity contribution in [3.05, 3.63) is 34.9 Å². The number of nitrogens with one attached hydrogen (secondary N) is 1. The Morgan fingerprint density at radius 2 is 2.20 bits per heavy atom. The second-order valence-corrected chi connectivity index (χ2v) is 5.85. The van der Waals surface area contributed by atoms with Gasteiger partial charge < -0.3 is 15.3 Å². The smallest absolute Gasteiger partial charge is 0.224 e. The topological polar surface area (TPSA) is 52.6 Å². The molecule has 5 heteroatoms. The number of piperidine rings is 1. The highest BCUT2D eigenvalue weighted by atomic mass is 35.5. The number of aliphatic hydroxyl groups is 1. The number of aliphatic hydroxyl groups excluding tert-OH is 1. The van der Waals surface area contributed by atoms with Crippen LogP contribution in [0.4, 0.5) is 0 Å². The van der Waals surface area contributed by atoms with E-state index in [0.717, 1.165) is 31.5 Å². The molecule has 1 fully saturated rings. The summed E-state index contributed by atoms with van der Waals surface area (Å²) < 4.78 is 0. The predicted molar refractivity (Wildman–Crippen MR) is 79.6 cm³/mol. The lowest BCUT2D eigenvalue weighted by molar-refractivity contribution is -0.127. The van der Waals surface area contributed by atoms with Crippen LogP contribution in [-0.4, -0.2) is 42.6 Å². The van der Waals surface area contributed by atoms with Gasteiger partial charge in [0.05, 0.1) is 12.0 Å². The van der Waals surface area contributed by atoms with E-state index in [2.05, 4.69) is 10.2 Å². The lowest BCUT2D eigenvalue weighted by Gasteiger charge is -2.29. The summed E-state index contributed by atoms with van der Waals surface area (Å²) in [5.74, 6) is 0.0655.